The van der Waals surface area contributed by atoms with Crippen LogP contribution < -0.4 is 5.32 Å². The van der Waals surface area contributed by atoms with E-state index in [0.29, 0.717) is 11.6 Å². The van der Waals surface area contributed by atoms with E-state index in [9.17, 15) is 14.7 Å². The summed E-state index contributed by atoms with van der Waals surface area (Å²) < 4.78 is 0. The second-order valence-electron chi connectivity index (χ2n) is 5.08. The molecule has 3 N–H and O–H groups in total. The van der Waals surface area contributed by atoms with E-state index in [1.54, 1.807) is 12.1 Å². The van der Waals surface area contributed by atoms with Crippen LogP contribution in [0.1, 0.15) is 12.0 Å². The zero-order valence-corrected chi connectivity index (χ0v) is 12.1. The van der Waals surface area contributed by atoms with E-state index in [4.69, 9.17) is 16.7 Å². The first-order valence-electron chi connectivity index (χ1n) is 6.62. The van der Waals surface area contributed by atoms with Crippen molar-refractivity contribution in [3.05, 3.63) is 34.9 Å². The second kappa shape index (κ2) is 6.89. The number of carbonyl (C=O) groups excluding carboxylic acids is 1. The van der Waals surface area contributed by atoms with E-state index in [1.807, 2.05) is 12.1 Å². The first-order chi connectivity index (χ1) is 9.95. The number of likely N-dealkylation sites (tertiary alicyclic amines) is 1. The van der Waals surface area contributed by atoms with Crippen LogP contribution in [0.3, 0.4) is 0 Å². The van der Waals surface area contributed by atoms with Crippen LogP contribution in [-0.4, -0.2) is 52.2 Å². The van der Waals surface area contributed by atoms with Gasteiger partial charge in [-0.25, -0.2) is 0 Å². The monoisotopic (exact) mass is 312 g/mol. The molecule has 0 radical (unpaired) electrons. The molecule has 1 heterocycles. The van der Waals surface area contributed by atoms with Crippen molar-refractivity contribution in [1.82, 2.24) is 10.2 Å². The summed E-state index contributed by atoms with van der Waals surface area (Å²) in [5.41, 5.74) is 0.906. The fourth-order valence-corrected chi connectivity index (χ4v) is 2.48. The molecule has 0 bridgehead atoms. The topological polar surface area (TPSA) is 89.9 Å². The van der Waals surface area contributed by atoms with Crippen molar-refractivity contribution >= 4 is 23.5 Å². The van der Waals surface area contributed by atoms with Gasteiger partial charge >= 0.3 is 5.97 Å². The minimum absolute atomic E-state index is 0.0401. The summed E-state index contributed by atoms with van der Waals surface area (Å²) in [7, 11) is 0. The van der Waals surface area contributed by atoms with Crippen LogP contribution in [-0.2, 0) is 16.1 Å². The molecule has 2 unspecified atom stereocenters. The van der Waals surface area contributed by atoms with Gasteiger partial charge in [0.2, 0.25) is 5.91 Å². The average Bonchev–Trinajstić information content (AvgIpc) is 2.79. The number of hydrogen-bond acceptors (Lipinski definition) is 4. The van der Waals surface area contributed by atoms with Crippen LogP contribution in [0.4, 0.5) is 0 Å². The number of benzene rings is 1. The van der Waals surface area contributed by atoms with Crippen molar-refractivity contribution in [3.8, 4) is 0 Å². The molecule has 1 fully saturated rings. The molecular weight excluding hydrogens is 296 g/mol. The minimum atomic E-state index is -1.02. The van der Waals surface area contributed by atoms with Gasteiger partial charge in [-0.05, 0) is 17.7 Å². The lowest BCUT2D eigenvalue weighted by Gasteiger charge is -2.19. The lowest BCUT2D eigenvalue weighted by atomic mass is 10.2. The van der Waals surface area contributed by atoms with E-state index in [2.05, 4.69) is 5.32 Å². The van der Waals surface area contributed by atoms with Gasteiger partial charge in [0, 0.05) is 24.5 Å². The molecule has 1 amide bonds. The highest BCUT2D eigenvalue weighted by molar-refractivity contribution is 6.30. The fourth-order valence-electron chi connectivity index (χ4n) is 2.35. The molecule has 0 saturated carbocycles. The third-order valence-electron chi connectivity index (χ3n) is 3.42. The molecule has 7 heteroatoms. The largest absolute Gasteiger partial charge is 0.480 e. The Bertz CT molecular complexity index is 520. The zero-order chi connectivity index (χ0) is 15.4. The predicted octanol–water partition coefficient (Wildman–Crippen LogP) is 0.476. The maximum atomic E-state index is 11.9. The maximum absolute atomic E-state index is 11.9. The summed E-state index contributed by atoms with van der Waals surface area (Å²) in [6, 6.07) is 6.28. The van der Waals surface area contributed by atoms with E-state index >= 15 is 0 Å². The SMILES string of the molecule is O=C(CN1CC(O)CC1C(=O)O)NCc1ccc(Cl)cc1. The smallest absolute Gasteiger partial charge is 0.321 e. The van der Waals surface area contributed by atoms with Crippen LogP contribution in [0.5, 0.6) is 0 Å². The second-order valence-corrected chi connectivity index (χ2v) is 5.51. The van der Waals surface area contributed by atoms with Gasteiger partial charge in [-0.2, -0.15) is 0 Å². The molecule has 21 heavy (non-hydrogen) atoms. The summed E-state index contributed by atoms with van der Waals surface area (Å²) in [6.45, 7) is 0.511. The van der Waals surface area contributed by atoms with E-state index in [0.717, 1.165) is 5.56 Å². The van der Waals surface area contributed by atoms with Gasteiger partial charge in [0.15, 0.2) is 0 Å². The van der Waals surface area contributed by atoms with E-state index in [-0.39, 0.29) is 25.4 Å². The van der Waals surface area contributed by atoms with Crippen LogP contribution >= 0.6 is 11.6 Å². The Morgan fingerprint density at radius 3 is 2.62 bits per heavy atom. The van der Waals surface area contributed by atoms with Gasteiger partial charge in [0.05, 0.1) is 12.6 Å². The molecule has 1 aromatic rings. The molecule has 2 atom stereocenters. The number of nitrogens with one attached hydrogen (secondary N) is 1. The highest BCUT2D eigenvalue weighted by Crippen LogP contribution is 2.17. The number of carboxylic acids is 1. The number of carbonyl (C=O) groups is 2. The standard InChI is InChI=1S/C14H17ClN2O4/c15-10-3-1-9(2-4-10)6-16-13(19)8-17-7-11(18)5-12(17)14(20)21/h1-4,11-12,18H,5-8H2,(H,16,19)(H,20,21). The van der Waals surface area contributed by atoms with Crippen LogP contribution in [0.25, 0.3) is 0 Å². The number of rotatable bonds is 5. The Labute approximate surface area is 127 Å². The molecule has 1 saturated heterocycles. The molecule has 2 rings (SSSR count). The summed E-state index contributed by atoms with van der Waals surface area (Å²) in [6.07, 6.45) is -0.546. The van der Waals surface area contributed by atoms with Crippen molar-refractivity contribution < 1.29 is 19.8 Å². The highest BCUT2D eigenvalue weighted by Gasteiger charge is 2.36. The number of carboxylic acid groups (broad SMARTS) is 1. The molecule has 0 aromatic heterocycles. The third-order valence-corrected chi connectivity index (χ3v) is 3.67. The summed E-state index contributed by atoms with van der Waals surface area (Å²) >= 11 is 5.77. The summed E-state index contributed by atoms with van der Waals surface area (Å²) in [5.74, 6) is -1.29. The summed E-state index contributed by atoms with van der Waals surface area (Å²) in [4.78, 5) is 24.4. The van der Waals surface area contributed by atoms with Crippen molar-refractivity contribution in [3.63, 3.8) is 0 Å². The number of aliphatic hydroxyl groups is 1. The maximum Gasteiger partial charge on any atom is 0.321 e. The lowest BCUT2D eigenvalue weighted by Crippen LogP contribution is -2.43. The van der Waals surface area contributed by atoms with Crippen LogP contribution in [0, 0.1) is 0 Å². The highest BCUT2D eigenvalue weighted by atomic mass is 35.5. The van der Waals surface area contributed by atoms with Gasteiger partial charge in [0.25, 0.3) is 0 Å². The lowest BCUT2D eigenvalue weighted by molar-refractivity contribution is -0.142. The molecule has 0 aliphatic carbocycles. The molecule has 114 valence electrons. The number of hydrogen-bond donors (Lipinski definition) is 3. The minimum Gasteiger partial charge on any atom is -0.480 e. The number of aliphatic carboxylic acids is 1. The Morgan fingerprint density at radius 1 is 1.33 bits per heavy atom. The Kier molecular flexibility index (Phi) is 5.17. The third kappa shape index (κ3) is 4.42. The van der Waals surface area contributed by atoms with Crippen molar-refractivity contribution in [2.45, 2.75) is 25.1 Å². The van der Waals surface area contributed by atoms with Gasteiger partial charge in [-0.3, -0.25) is 14.5 Å². The number of β-amino-alcohol motifs (C(OH)–C–C–N with tert-alkyl or cyclic N) is 1. The molecule has 1 aliphatic heterocycles. The normalized spacial score (nSPS) is 22.2. The van der Waals surface area contributed by atoms with Gasteiger partial charge < -0.3 is 15.5 Å². The molecule has 6 nitrogen and oxygen atoms in total. The van der Waals surface area contributed by atoms with Crippen molar-refractivity contribution in [2.75, 3.05) is 13.1 Å². The first kappa shape index (κ1) is 15.8. The Morgan fingerprint density at radius 2 is 2.00 bits per heavy atom. The molecular formula is C14H17ClN2O4. The predicted molar refractivity (Wildman–Crippen MR) is 76.9 cm³/mol. The van der Waals surface area contributed by atoms with Crippen LogP contribution in [0.15, 0.2) is 24.3 Å². The van der Waals surface area contributed by atoms with E-state index in [1.165, 1.54) is 4.90 Å². The quantitative estimate of drug-likeness (QED) is 0.735. The van der Waals surface area contributed by atoms with Crippen LogP contribution in [0.2, 0.25) is 5.02 Å². The first-order valence-corrected chi connectivity index (χ1v) is 6.99. The average molecular weight is 313 g/mol. The Hall–Kier alpha value is -1.63. The van der Waals surface area contributed by atoms with Gasteiger partial charge in [-0.15, -0.1) is 0 Å². The number of amides is 1. The number of halogens is 1. The van der Waals surface area contributed by atoms with Crippen molar-refractivity contribution in [1.29, 1.82) is 0 Å². The zero-order valence-electron chi connectivity index (χ0n) is 11.3. The summed E-state index contributed by atoms with van der Waals surface area (Å²) in [5, 5.41) is 21.9. The number of aliphatic hydroxyl groups excluding tert-OH is 1. The molecule has 0 spiro atoms. The van der Waals surface area contributed by atoms with Gasteiger partial charge in [0.1, 0.15) is 6.04 Å². The van der Waals surface area contributed by atoms with Crippen molar-refractivity contribution in [2.24, 2.45) is 0 Å². The molecule has 1 aromatic carbocycles. The fraction of sp³-hybridized carbons (Fsp3) is 0.429. The Balaban J connectivity index is 1.84. The number of nitrogens with zero attached hydrogens (tertiary/aromatic N) is 1. The van der Waals surface area contributed by atoms with E-state index < -0.39 is 18.1 Å². The molecule has 1 aliphatic rings. The van der Waals surface area contributed by atoms with Gasteiger partial charge in [-0.1, -0.05) is 23.7 Å².